The number of likely N-dealkylation sites (tertiary alicyclic amines) is 1. The van der Waals surface area contributed by atoms with Crippen LogP contribution < -0.4 is 14.8 Å². The SMILES string of the molecule is O=C(NC1CC1)c1cn(C2CCN(Cc3cc4c(cc3Cl)OCO4)CC2)nn1. The molecule has 2 aliphatic heterocycles. The third-order valence-corrected chi connectivity index (χ3v) is 5.87. The van der Waals surface area contributed by atoms with Crippen molar-refractivity contribution >= 4 is 17.5 Å². The molecule has 3 aliphatic rings. The summed E-state index contributed by atoms with van der Waals surface area (Å²) in [6.45, 7) is 2.88. The smallest absolute Gasteiger partial charge is 0.273 e. The van der Waals surface area contributed by atoms with E-state index in [1.165, 1.54) is 0 Å². The average molecular weight is 404 g/mol. The van der Waals surface area contributed by atoms with Gasteiger partial charge >= 0.3 is 0 Å². The fraction of sp³-hybridized carbons (Fsp3) is 0.526. The molecule has 0 atom stereocenters. The first-order valence-electron chi connectivity index (χ1n) is 9.69. The molecule has 1 amide bonds. The number of rotatable bonds is 5. The first kappa shape index (κ1) is 17.8. The van der Waals surface area contributed by atoms with Gasteiger partial charge in [-0.15, -0.1) is 5.10 Å². The first-order chi connectivity index (χ1) is 13.7. The largest absolute Gasteiger partial charge is 0.454 e. The monoisotopic (exact) mass is 403 g/mol. The number of piperidine rings is 1. The van der Waals surface area contributed by atoms with E-state index in [4.69, 9.17) is 21.1 Å². The van der Waals surface area contributed by atoms with Crippen molar-refractivity contribution in [3.63, 3.8) is 0 Å². The van der Waals surface area contributed by atoms with Crippen LogP contribution in [0.15, 0.2) is 18.3 Å². The summed E-state index contributed by atoms with van der Waals surface area (Å²) in [5.41, 5.74) is 1.45. The third kappa shape index (κ3) is 3.66. The highest BCUT2D eigenvalue weighted by Gasteiger charge is 2.27. The van der Waals surface area contributed by atoms with E-state index in [2.05, 4.69) is 20.5 Å². The van der Waals surface area contributed by atoms with E-state index in [9.17, 15) is 4.79 Å². The van der Waals surface area contributed by atoms with E-state index in [0.717, 1.165) is 56.6 Å². The first-order valence-corrected chi connectivity index (χ1v) is 10.1. The van der Waals surface area contributed by atoms with Crippen molar-refractivity contribution < 1.29 is 14.3 Å². The van der Waals surface area contributed by atoms with Crippen molar-refractivity contribution in [3.05, 3.63) is 34.6 Å². The molecular formula is C19H22ClN5O3. The van der Waals surface area contributed by atoms with Crippen LogP contribution in [0.25, 0.3) is 0 Å². The van der Waals surface area contributed by atoms with Crippen LogP contribution in [0.5, 0.6) is 11.5 Å². The summed E-state index contributed by atoms with van der Waals surface area (Å²) < 4.78 is 12.7. The minimum absolute atomic E-state index is 0.122. The number of carbonyl (C=O) groups excluding carboxylic acids is 1. The summed E-state index contributed by atoms with van der Waals surface area (Å²) in [4.78, 5) is 14.5. The molecule has 148 valence electrons. The molecule has 1 N–H and O–H groups in total. The van der Waals surface area contributed by atoms with Crippen LogP contribution in [0.4, 0.5) is 0 Å². The molecule has 1 saturated heterocycles. The average Bonchev–Trinajstić information content (AvgIpc) is 3.18. The van der Waals surface area contributed by atoms with Crippen LogP contribution in [0.3, 0.4) is 0 Å². The molecule has 28 heavy (non-hydrogen) atoms. The lowest BCUT2D eigenvalue weighted by atomic mass is 10.0. The molecule has 0 bridgehead atoms. The number of nitrogens with one attached hydrogen (secondary N) is 1. The summed E-state index contributed by atoms with van der Waals surface area (Å²) in [7, 11) is 0. The molecule has 1 aromatic carbocycles. The molecule has 2 aromatic rings. The molecule has 1 saturated carbocycles. The molecular weight excluding hydrogens is 382 g/mol. The molecule has 0 spiro atoms. The molecule has 0 radical (unpaired) electrons. The lowest BCUT2D eigenvalue weighted by Crippen LogP contribution is -2.34. The number of halogens is 1. The van der Waals surface area contributed by atoms with Gasteiger partial charge in [-0.05, 0) is 37.3 Å². The normalized spacial score (nSPS) is 19.8. The molecule has 0 unspecified atom stereocenters. The van der Waals surface area contributed by atoms with Crippen LogP contribution in [0.1, 0.15) is 47.8 Å². The van der Waals surface area contributed by atoms with E-state index in [-0.39, 0.29) is 18.7 Å². The minimum Gasteiger partial charge on any atom is -0.454 e. The topological polar surface area (TPSA) is 81.5 Å². The highest BCUT2D eigenvalue weighted by molar-refractivity contribution is 6.31. The Bertz CT molecular complexity index is 890. The predicted octanol–water partition coefficient (Wildman–Crippen LogP) is 2.39. The lowest BCUT2D eigenvalue weighted by molar-refractivity contribution is 0.0946. The Labute approximate surface area is 167 Å². The van der Waals surface area contributed by atoms with E-state index in [1.54, 1.807) is 6.20 Å². The number of ether oxygens (including phenoxy) is 2. The second kappa shape index (κ2) is 7.25. The Hall–Kier alpha value is -2.32. The van der Waals surface area contributed by atoms with Crippen LogP contribution in [0, 0.1) is 0 Å². The number of benzene rings is 1. The summed E-state index contributed by atoms with van der Waals surface area (Å²) in [5, 5.41) is 11.9. The highest BCUT2D eigenvalue weighted by atomic mass is 35.5. The molecule has 3 heterocycles. The van der Waals surface area contributed by atoms with Gasteiger partial charge in [0.15, 0.2) is 17.2 Å². The van der Waals surface area contributed by atoms with Gasteiger partial charge in [0.05, 0.1) is 12.2 Å². The Morgan fingerprint density at radius 3 is 2.68 bits per heavy atom. The van der Waals surface area contributed by atoms with Crippen LogP contribution >= 0.6 is 11.6 Å². The molecule has 5 rings (SSSR count). The van der Waals surface area contributed by atoms with Gasteiger partial charge in [-0.3, -0.25) is 9.69 Å². The third-order valence-electron chi connectivity index (χ3n) is 5.52. The highest BCUT2D eigenvalue weighted by Crippen LogP contribution is 2.37. The molecule has 9 heteroatoms. The number of aromatic nitrogens is 3. The molecule has 1 aromatic heterocycles. The Morgan fingerprint density at radius 2 is 1.93 bits per heavy atom. The maximum Gasteiger partial charge on any atom is 0.273 e. The Kier molecular flexibility index (Phi) is 4.60. The number of fused-ring (bicyclic) bond motifs is 1. The van der Waals surface area contributed by atoms with Crippen LogP contribution in [-0.2, 0) is 6.54 Å². The number of nitrogens with zero attached hydrogens (tertiary/aromatic N) is 4. The van der Waals surface area contributed by atoms with Gasteiger partial charge in [0, 0.05) is 36.8 Å². The standard InChI is InChI=1S/C19H22ClN5O3/c20-15-8-18-17(27-11-28-18)7-12(15)9-24-5-3-14(4-6-24)25-10-16(22-23-25)19(26)21-13-1-2-13/h7-8,10,13-14H,1-6,9,11H2,(H,21,26). The molecule has 8 nitrogen and oxygen atoms in total. The van der Waals surface area contributed by atoms with Gasteiger partial charge in [0.25, 0.3) is 5.91 Å². The number of amides is 1. The van der Waals surface area contributed by atoms with E-state index in [0.29, 0.717) is 22.5 Å². The van der Waals surface area contributed by atoms with Crippen LogP contribution in [0.2, 0.25) is 5.02 Å². The number of carbonyl (C=O) groups is 1. The van der Waals surface area contributed by atoms with Gasteiger partial charge in [0.1, 0.15) is 0 Å². The van der Waals surface area contributed by atoms with Gasteiger partial charge in [0.2, 0.25) is 6.79 Å². The van der Waals surface area contributed by atoms with Crippen molar-refractivity contribution in [3.8, 4) is 11.5 Å². The van der Waals surface area contributed by atoms with Gasteiger partial charge in [-0.1, -0.05) is 16.8 Å². The Morgan fingerprint density at radius 1 is 1.18 bits per heavy atom. The van der Waals surface area contributed by atoms with Gasteiger partial charge in [-0.25, -0.2) is 4.68 Å². The molecule has 1 aliphatic carbocycles. The lowest BCUT2D eigenvalue weighted by Gasteiger charge is -2.32. The number of hydrogen-bond acceptors (Lipinski definition) is 6. The van der Waals surface area contributed by atoms with Crippen molar-refractivity contribution in [2.45, 2.75) is 44.3 Å². The minimum atomic E-state index is -0.122. The summed E-state index contributed by atoms with van der Waals surface area (Å²) in [6, 6.07) is 4.39. The van der Waals surface area contributed by atoms with E-state index < -0.39 is 0 Å². The van der Waals surface area contributed by atoms with Crippen molar-refractivity contribution in [1.29, 1.82) is 0 Å². The van der Waals surface area contributed by atoms with Crippen molar-refractivity contribution in [2.75, 3.05) is 19.9 Å². The second-order valence-corrected chi connectivity index (χ2v) is 8.04. The van der Waals surface area contributed by atoms with E-state index >= 15 is 0 Å². The number of hydrogen-bond donors (Lipinski definition) is 1. The fourth-order valence-electron chi connectivity index (χ4n) is 3.71. The zero-order valence-corrected chi connectivity index (χ0v) is 16.2. The van der Waals surface area contributed by atoms with E-state index in [1.807, 2.05) is 16.8 Å². The summed E-state index contributed by atoms with van der Waals surface area (Å²) in [5.74, 6) is 1.35. The zero-order valence-electron chi connectivity index (χ0n) is 15.4. The Balaban J connectivity index is 1.18. The molecule has 2 fully saturated rings. The zero-order chi connectivity index (χ0) is 19.1. The second-order valence-electron chi connectivity index (χ2n) is 7.64. The van der Waals surface area contributed by atoms with Crippen molar-refractivity contribution in [1.82, 2.24) is 25.2 Å². The van der Waals surface area contributed by atoms with Crippen molar-refractivity contribution in [2.24, 2.45) is 0 Å². The quantitative estimate of drug-likeness (QED) is 0.825. The van der Waals surface area contributed by atoms with Crippen LogP contribution in [-0.4, -0.2) is 51.7 Å². The van der Waals surface area contributed by atoms with Gasteiger partial charge in [-0.2, -0.15) is 0 Å². The predicted molar refractivity (Wildman–Crippen MR) is 102 cm³/mol. The maximum atomic E-state index is 12.1. The maximum absolute atomic E-state index is 12.1. The summed E-state index contributed by atoms with van der Waals surface area (Å²) in [6.07, 6.45) is 5.80. The summed E-state index contributed by atoms with van der Waals surface area (Å²) >= 11 is 6.40. The van der Waals surface area contributed by atoms with Gasteiger partial charge < -0.3 is 14.8 Å². The fourth-order valence-corrected chi connectivity index (χ4v) is 3.92.